The zero-order valence-corrected chi connectivity index (χ0v) is 10.3. The highest BCUT2D eigenvalue weighted by Gasteiger charge is 2.25. The van der Waals surface area contributed by atoms with E-state index in [-0.39, 0.29) is 18.7 Å². The van der Waals surface area contributed by atoms with Gasteiger partial charge < -0.3 is 19.7 Å². The zero-order valence-electron chi connectivity index (χ0n) is 10.3. The standard InChI is InChI=1S/C13H16N2O3/c1-9-7-14-4-5-15(9)13(16)10-2-3-11-12(6-10)18-8-17-11/h2-3,6,9,14H,4-5,7-8H2,1H3. The van der Waals surface area contributed by atoms with E-state index < -0.39 is 0 Å². The Hall–Kier alpha value is -1.75. The summed E-state index contributed by atoms with van der Waals surface area (Å²) in [5, 5.41) is 3.27. The van der Waals surface area contributed by atoms with Gasteiger partial charge in [0, 0.05) is 31.2 Å². The molecule has 1 N–H and O–H groups in total. The SMILES string of the molecule is CC1CNCCN1C(=O)c1ccc2c(c1)OCO2. The Morgan fingerprint density at radius 2 is 2.22 bits per heavy atom. The van der Waals surface area contributed by atoms with Gasteiger partial charge in [-0.3, -0.25) is 4.79 Å². The summed E-state index contributed by atoms with van der Waals surface area (Å²) in [6.45, 7) is 4.72. The number of piperazine rings is 1. The second kappa shape index (κ2) is 4.49. The molecule has 2 heterocycles. The number of ether oxygens (including phenoxy) is 2. The van der Waals surface area contributed by atoms with Crippen LogP contribution in [0.15, 0.2) is 18.2 Å². The molecule has 5 heteroatoms. The molecule has 0 aliphatic carbocycles. The molecule has 18 heavy (non-hydrogen) atoms. The van der Waals surface area contributed by atoms with Crippen molar-refractivity contribution < 1.29 is 14.3 Å². The van der Waals surface area contributed by atoms with E-state index in [1.54, 1.807) is 18.2 Å². The highest BCUT2D eigenvalue weighted by Crippen LogP contribution is 2.32. The molecule has 1 saturated heterocycles. The number of fused-ring (bicyclic) bond motifs is 1. The van der Waals surface area contributed by atoms with Crippen molar-refractivity contribution in [1.29, 1.82) is 0 Å². The molecule has 2 aliphatic heterocycles. The molecular formula is C13H16N2O3. The number of nitrogens with zero attached hydrogens (tertiary/aromatic N) is 1. The second-order valence-electron chi connectivity index (χ2n) is 4.62. The van der Waals surface area contributed by atoms with Gasteiger partial charge in [0.05, 0.1) is 0 Å². The van der Waals surface area contributed by atoms with Crippen molar-refractivity contribution in [3.05, 3.63) is 23.8 Å². The van der Waals surface area contributed by atoms with Gasteiger partial charge in [-0.1, -0.05) is 0 Å². The van der Waals surface area contributed by atoms with Gasteiger partial charge >= 0.3 is 0 Å². The van der Waals surface area contributed by atoms with Gasteiger partial charge in [-0.05, 0) is 25.1 Å². The van der Waals surface area contributed by atoms with Gasteiger partial charge in [0.1, 0.15) is 0 Å². The Labute approximate surface area is 106 Å². The Morgan fingerprint density at radius 3 is 3.06 bits per heavy atom. The lowest BCUT2D eigenvalue weighted by atomic mass is 10.1. The minimum atomic E-state index is 0.0577. The number of rotatable bonds is 1. The Balaban J connectivity index is 1.83. The normalized spacial score (nSPS) is 22.1. The molecule has 0 radical (unpaired) electrons. The Morgan fingerprint density at radius 1 is 1.39 bits per heavy atom. The lowest BCUT2D eigenvalue weighted by Crippen LogP contribution is -2.52. The van der Waals surface area contributed by atoms with Crippen molar-refractivity contribution >= 4 is 5.91 Å². The number of hydrogen-bond donors (Lipinski definition) is 1. The van der Waals surface area contributed by atoms with Gasteiger partial charge in [0.15, 0.2) is 11.5 Å². The summed E-state index contributed by atoms with van der Waals surface area (Å²) in [6.07, 6.45) is 0. The maximum atomic E-state index is 12.4. The van der Waals surface area contributed by atoms with Gasteiger partial charge in [-0.15, -0.1) is 0 Å². The highest BCUT2D eigenvalue weighted by atomic mass is 16.7. The molecule has 1 unspecified atom stereocenters. The van der Waals surface area contributed by atoms with Crippen molar-refractivity contribution in [2.75, 3.05) is 26.4 Å². The maximum absolute atomic E-state index is 12.4. The highest BCUT2D eigenvalue weighted by molar-refractivity contribution is 5.95. The van der Waals surface area contributed by atoms with Crippen LogP contribution in [0.25, 0.3) is 0 Å². The third-order valence-electron chi connectivity index (χ3n) is 3.38. The van der Waals surface area contributed by atoms with Crippen LogP contribution in [0.3, 0.4) is 0 Å². The molecule has 2 aliphatic rings. The fourth-order valence-corrected chi connectivity index (χ4v) is 2.34. The lowest BCUT2D eigenvalue weighted by Gasteiger charge is -2.34. The summed E-state index contributed by atoms with van der Waals surface area (Å²) in [4.78, 5) is 14.3. The van der Waals surface area contributed by atoms with E-state index in [9.17, 15) is 4.79 Å². The molecule has 5 nitrogen and oxygen atoms in total. The van der Waals surface area contributed by atoms with Crippen molar-refractivity contribution in [2.45, 2.75) is 13.0 Å². The molecule has 1 fully saturated rings. The van der Waals surface area contributed by atoms with E-state index in [1.165, 1.54) is 0 Å². The minimum Gasteiger partial charge on any atom is -0.454 e. The second-order valence-corrected chi connectivity index (χ2v) is 4.62. The van der Waals surface area contributed by atoms with E-state index in [0.29, 0.717) is 17.1 Å². The van der Waals surface area contributed by atoms with Crippen molar-refractivity contribution in [3.8, 4) is 11.5 Å². The third kappa shape index (κ3) is 1.90. The first-order chi connectivity index (χ1) is 8.75. The van der Waals surface area contributed by atoms with Crippen LogP contribution in [-0.2, 0) is 0 Å². The summed E-state index contributed by atoms with van der Waals surface area (Å²) in [6, 6.07) is 5.57. The monoisotopic (exact) mass is 248 g/mol. The summed E-state index contributed by atoms with van der Waals surface area (Å²) in [7, 11) is 0. The van der Waals surface area contributed by atoms with Crippen LogP contribution < -0.4 is 14.8 Å². The van der Waals surface area contributed by atoms with Crippen LogP contribution in [0.1, 0.15) is 17.3 Å². The first kappa shape index (κ1) is 11.3. The number of benzene rings is 1. The quantitative estimate of drug-likeness (QED) is 0.800. The molecule has 1 aromatic rings. The topological polar surface area (TPSA) is 50.8 Å². The maximum Gasteiger partial charge on any atom is 0.254 e. The van der Waals surface area contributed by atoms with E-state index in [1.807, 2.05) is 4.90 Å². The largest absolute Gasteiger partial charge is 0.454 e. The van der Waals surface area contributed by atoms with Crippen LogP contribution >= 0.6 is 0 Å². The molecule has 3 rings (SSSR count). The molecule has 1 aromatic carbocycles. The summed E-state index contributed by atoms with van der Waals surface area (Å²) >= 11 is 0. The Bertz CT molecular complexity index is 475. The third-order valence-corrected chi connectivity index (χ3v) is 3.38. The number of amides is 1. The average Bonchev–Trinajstić information content (AvgIpc) is 2.85. The van der Waals surface area contributed by atoms with E-state index in [2.05, 4.69) is 12.2 Å². The molecule has 1 amide bonds. The number of hydrogen-bond acceptors (Lipinski definition) is 4. The van der Waals surface area contributed by atoms with Crippen LogP contribution in [0.4, 0.5) is 0 Å². The van der Waals surface area contributed by atoms with Crippen molar-refractivity contribution in [1.82, 2.24) is 10.2 Å². The number of nitrogens with one attached hydrogen (secondary N) is 1. The fraction of sp³-hybridized carbons (Fsp3) is 0.462. The van der Waals surface area contributed by atoms with Gasteiger partial charge in [-0.2, -0.15) is 0 Å². The van der Waals surface area contributed by atoms with Gasteiger partial charge in [-0.25, -0.2) is 0 Å². The summed E-state index contributed by atoms with van der Waals surface area (Å²) in [5.74, 6) is 1.42. The smallest absolute Gasteiger partial charge is 0.254 e. The molecule has 1 atom stereocenters. The van der Waals surface area contributed by atoms with Crippen LogP contribution in [0.5, 0.6) is 11.5 Å². The molecule has 0 bridgehead atoms. The van der Waals surface area contributed by atoms with Gasteiger partial charge in [0.2, 0.25) is 6.79 Å². The van der Waals surface area contributed by atoms with Crippen LogP contribution in [0.2, 0.25) is 0 Å². The average molecular weight is 248 g/mol. The predicted octanol–water partition coefficient (Wildman–Crippen LogP) is 0.849. The molecule has 96 valence electrons. The van der Waals surface area contributed by atoms with Crippen molar-refractivity contribution in [2.24, 2.45) is 0 Å². The first-order valence-electron chi connectivity index (χ1n) is 6.17. The lowest BCUT2D eigenvalue weighted by molar-refractivity contribution is 0.0655. The fourth-order valence-electron chi connectivity index (χ4n) is 2.34. The first-order valence-corrected chi connectivity index (χ1v) is 6.17. The molecule has 0 aromatic heterocycles. The number of carbonyl (C=O) groups is 1. The van der Waals surface area contributed by atoms with Crippen molar-refractivity contribution in [3.63, 3.8) is 0 Å². The summed E-state index contributed by atoms with van der Waals surface area (Å²) in [5.41, 5.74) is 0.660. The van der Waals surface area contributed by atoms with E-state index in [0.717, 1.165) is 19.6 Å². The van der Waals surface area contributed by atoms with Crippen LogP contribution in [-0.4, -0.2) is 43.3 Å². The van der Waals surface area contributed by atoms with E-state index >= 15 is 0 Å². The van der Waals surface area contributed by atoms with E-state index in [4.69, 9.17) is 9.47 Å². The number of carbonyl (C=O) groups excluding carboxylic acids is 1. The predicted molar refractivity (Wildman–Crippen MR) is 65.9 cm³/mol. The molecule has 0 saturated carbocycles. The van der Waals surface area contributed by atoms with Crippen LogP contribution in [0, 0.1) is 0 Å². The minimum absolute atomic E-state index is 0.0577. The molecule has 0 spiro atoms. The Kier molecular flexibility index (Phi) is 2.83. The summed E-state index contributed by atoms with van der Waals surface area (Å²) < 4.78 is 10.5. The molecular weight excluding hydrogens is 232 g/mol. The van der Waals surface area contributed by atoms with Gasteiger partial charge in [0.25, 0.3) is 5.91 Å². The zero-order chi connectivity index (χ0) is 12.5.